The average Bonchev–Trinajstić information content (AvgIpc) is 2.97. The van der Waals surface area contributed by atoms with Crippen molar-refractivity contribution in [2.45, 2.75) is 38.6 Å². The van der Waals surface area contributed by atoms with Crippen LogP contribution in [0.2, 0.25) is 0 Å². The summed E-state index contributed by atoms with van der Waals surface area (Å²) >= 11 is 0. The van der Waals surface area contributed by atoms with Crippen LogP contribution in [0.4, 0.5) is 0 Å². The second-order valence-electron chi connectivity index (χ2n) is 5.70. The van der Waals surface area contributed by atoms with Gasteiger partial charge >= 0.3 is 0 Å². The number of nitrogens with zero attached hydrogens (tertiary/aromatic N) is 1. The minimum Gasteiger partial charge on any atom is -0.497 e. The van der Waals surface area contributed by atoms with Crippen molar-refractivity contribution in [3.63, 3.8) is 0 Å². The van der Waals surface area contributed by atoms with Gasteiger partial charge in [0.25, 0.3) is 0 Å². The van der Waals surface area contributed by atoms with Gasteiger partial charge < -0.3 is 15.4 Å². The van der Waals surface area contributed by atoms with E-state index in [-0.39, 0.29) is 5.91 Å². The molecule has 1 aromatic carbocycles. The van der Waals surface area contributed by atoms with Gasteiger partial charge in [0.1, 0.15) is 5.75 Å². The number of rotatable bonds is 6. The monoisotopic (exact) mass is 290 g/mol. The zero-order chi connectivity index (χ0) is 15.2. The summed E-state index contributed by atoms with van der Waals surface area (Å²) in [6.07, 6.45) is 3.86. The normalized spacial score (nSPS) is 21.3. The van der Waals surface area contributed by atoms with E-state index >= 15 is 0 Å². The molecule has 1 aromatic rings. The molecule has 1 saturated carbocycles. The molecule has 0 bridgehead atoms. The van der Waals surface area contributed by atoms with Crippen molar-refractivity contribution in [2.24, 2.45) is 11.7 Å². The van der Waals surface area contributed by atoms with E-state index in [9.17, 15) is 4.79 Å². The lowest BCUT2D eigenvalue weighted by Crippen LogP contribution is -2.44. The summed E-state index contributed by atoms with van der Waals surface area (Å²) in [7, 11) is 1.64. The molecule has 0 saturated heterocycles. The molecule has 2 unspecified atom stereocenters. The van der Waals surface area contributed by atoms with Crippen LogP contribution < -0.4 is 10.5 Å². The van der Waals surface area contributed by atoms with E-state index in [1.165, 1.54) is 6.42 Å². The van der Waals surface area contributed by atoms with Crippen LogP contribution in [-0.2, 0) is 11.2 Å². The third kappa shape index (κ3) is 3.76. The maximum atomic E-state index is 12.6. The first kappa shape index (κ1) is 15.8. The molecule has 0 aromatic heterocycles. The Balaban J connectivity index is 2.02. The fourth-order valence-electron chi connectivity index (χ4n) is 3.32. The Labute approximate surface area is 127 Å². The van der Waals surface area contributed by atoms with Gasteiger partial charge in [-0.1, -0.05) is 18.6 Å². The predicted molar refractivity (Wildman–Crippen MR) is 84.3 cm³/mol. The van der Waals surface area contributed by atoms with Crippen LogP contribution in [-0.4, -0.2) is 37.0 Å². The van der Waals surface area contributed by atoms with Gasteiger partial charge in [0.05, 0.1) is 13.5 Å². The molecule has 2 atom stereocenters. The van der Waals surface area contributed by atoms with Crippen LogP contribution in [0.3, 0.4) is 0 Å². The highest BCUT2D eigenvalue weighted by atomic mass is 16.5. The van der Waals surface area contributed by atoms with Crippen molar-refractivity contribution < 1.29 is 9.53 Å². The SMILES string of the molecule is CCN(C(=O)Cc1ccc(OC)cc1)C1CCCC1CN. The number of nitrogens with two attached hydrogens (primary N) is 1. The third-order valence-electron chi connectivity index (χ3n) is 4.50. The lowest BCUT2D eigenvalue weighted by Gasteiger charge is -2.32. The van der Waals surface area contributed by atoms with Crippen molar-refractivity contribution >= 4 is 5.91 Å². The van der Waals surface area contributed by atoms with Crippen molar-refractivity contribution in [3.8, 4) is 5.75 Å². The smallest absolute Gasteiger partial charge is 0.227 e. The van der Waals surface area contributed by atoms with Gasteiger partial charge in [0.15, 0.2) is 0 Å². The van der Waals surface area contributed by atoms with E-state index < -0.39 is 0 Å². The maximum absolute atomic E-state index is 12.6. The first-order chi connectivity index (χ1) is 10.2. The lowest BCUT2D eigenvalue weighted by atomic mass is 10.0. The number of benzene rings is 1. The Morgan fingerprint density at radius 1 is 1.33 bits per heavy atom. The summed E-state index contributed by atoms with van der Waals surface area (Å²) in [5.41, 5.74) is 6.88. The Morgan fingerprint density at radius 3 is 2.62 bits per heavy atom. The number of hydrogen-bond acceptors (Lipinski definition) is 3. The van der Waals surface area contributed by atoms with E-state index in [0.717, 1.165) is 30.7 Å². The third-order valence-corrected chi connectivity index (χ3v) is 4.50. The van der Waals surface area contributed by atoms with Crippen LogP contribution >= 0.6 is 0 Å². The molecule has 1 fully saturated rings. The molecule has 0 aliphatic heterocycles. The van der Waals surface area contributed by atoms with Gasteiger partial charge in [0, 0.05) is 12.6 Å². The van der Waals surface area contributed by atoms with Gasteiger partial charge in [-0.15, -0.1) is 0 Å². The fraction of sp³-hybridized carbons (Fsp3) is 0.588. The fourth-order valence-corrected chi connectivity index (χ4v) is 3.32. The quantitative estimate of drug-likeness (QED) is 0.874. The number of amides is 1. The molecule has 0 spiro atoms. The summed E-state index contributed by atoms with van der Waals surface area (Å²) < 4.78 is 5.14. The van der Waals surface area contributed by atoms with Crippen LogP contribution in [0.15, 0.2) is 24.3 Å². The number of likely N-dealkylation sites (N-methyl/N-ethyl adjacent to an activating group) is 1. The second kappa shape index (κ2) is 7.46. The van der Waals surface area contributed by atoms with Gasteiger partial charge in [-0.25, -0.2) is 0 Å². The molecular formula is C17H26N2O2. The number of ether oxygens (including phenoxy) is 1. The summed E-state index contributed by atoms with van der Waals surface area (Å²) in [5, 5.41) is 0. The summed E-state index contributed by atoms with van der Waals surface area (Å²) in [6, 6.07) is 8.04. The minimum absolute atomic E-state index is 0.202. The van der Waals surface area contributed by atoms with Crippen LogP contribution in [0.5, 0.6) is 5.75 Å². The van der Waals surface area contributed by atoms with E-state index in [2.05, 4.69) is 6.92 Å². The average molecular weight is 290 g/mol. The molecule has 1 aliphatic rings. The highest BCUT2D eigenvalue weighted by Gasteiger charge is 2.32. The molecule has 1 amide bonds. The summed E-state index contributed by atoms with van der Waals surface area (Å²) in [5.74, 6) is 1.48. The van der Waals surface area contributed by atoms with Crippen LogP contribution in [0.25, 0.3) is 0 Å². The van der Waals surface area contributed by atoms with Gasteiger partial charge in [-0.3, -0.25) is 4.79 Å². The van der Waals surface area contributed by atoms with Crippen molar-refractivity contribution in [1.82, 2.24) is 4.90 Å². The molecule has 1 aliphatic carbocycles. The summed E-state index contributed by atoms with van der Waals surface area (Å²) in [6.45, 7) is 3.49. The van der Waals surface area contributed by atoms with E-state index in [1.807, 2.05) is 29.2 Å². The molecule has 2 rings (SSSR count). The standard InChI is InChI=1S/C17H26N2O2/c1-3-19(16-6-4-5-14(16)12-18)17(20)11-13-7-9-15(21-2)10-8-13/h7-10,14,16H,3-6,11-12,18H2,1-2H3. The molecule has 21 heavy (non-hydrogen) atoms. The van der Waals surface area contributed by atoms with Crippen molar-refractivity contribution in [2.75, 3.05) is 20.2 Å². The molecule has 4 heteroatoms. The lowest BCUT2D eigenvalue weighted by molar-refractivity contribution is -0.133. The van der Waals surface area contributed by atoms with Gasteiger partial charge in [-0.05, 0) is 49.9 Å². The molecule has 4 nitrogen and oxygen atoms in total. The Hall–Kier alpha value is -1.55. The van der Waals surface area contributed by atoms with E-state index in [0.29, 0.717) is 24.9 Å². The highest BCUT2D eigenvalue weighted by molar-refractivity contribution is 5.79. The number of carbonyl (C=O) groups excluding carboxylic acids is 1. The van der Waals surface area contributed by atoms with Crippen molar-refractivity contribution in [1.29, 1.82) is 0 Å². The molecule has 0 heterocycles. The predicted octanol–water partition coefficient (Wildman–Crippen LogP) is 2.21. The van der Waals surface area contributed by atoms with Crippen molar-refractivity contribution in [3.05, 3.63) is 29.8 Å². The zero-order valence-corrected chi connectivity index (χ0v) is 13.0. The molecule has 0 radical (unpaired) electrons. The number of methoxy groups -OCH3 is 1. The number of hydrogen-bond donors (Lipinski definition) is 1. The van der Waals surface area contributed by atoms with Crippen LogP contribution in [0, 0.1) is 5.92 Å². The number of carbonyl (C=O) groups is 1. The minimum atomic E-state index is 0.202. The molecule has 116 valence electrons. The Kier molecular flexibility index (Phi) is 5.62. The Morgan fingerprint density at radius 2 is 2.05 bits per heavy atom. The van der Waals surface area contributed by atoms with E-state index in [1.54, 1.807) is 7.11 Å². The second-order valence-corrected chi connectivity index (χ2v) is 5.70. The molecular weight excluding hydrogens is 264 g/mol. The Bertz CT molecular complexity index is 458. The highest BCUT2D eigenvalue weighted by Crippen LogP contribution is 2.29. The van der Waals surface area contributed by atoms with E-state index in [4.69, 9.17) is 10.5 Å². The molecule has 2 N–H and O–H groups in total. The maximum Gasteiger partial charge on any atom is 0.227 e. The van der Waals surface area contributed by atoms with Gasteiger partial charge in [-0.2, -0.15) is 0 Å². The first-order valence-electron chi connectivity index (χ1n) is 7.82. The topological polar surface area (TPSA) is 55.6 Å². The summed E-state index contributed by atoms with van der Waals surface area (Å²) in [4.78, 5) is 14.6. The van der Waals surface area contributed by atoms with Crippen LogP contribution in [0.1, 0.15) is 31.7 Å². The van der Waals surface area contributed by atoms with Gasteiger partial charge in [0.2, 0.25) is 5.91 Å². The zero-order valence-electron chi connectivity index (χ0n) is 13.0. The largest absolute Gasteiger partial charge is 0.497 e. The first-order valence-corrected chi connectivity index (χ1v) is 7.82.